The van der Waals surface area contributed by atoms with Crippen molar-refractivity contribution in [2.24, 2.45) is 0 Å². The molecule has 0 aliphatic rings. The Morgan fingerprint density at radius 1 is 1.11 bits per heavy atom. The van der Waals surface area contributed by atoms with E-state index in [1.54, 1.807) is 36.4 Å². The number of nitrogens with one attached hydrogen (secondary N) is 1. The monoisotopic (exact) mass is 402 g/mol. The standard InChI is InChI=1S/C13H9Br2ClN2O/c14-7-2-4-12(10(16)5-7)18-13(19)9-3-1-8(15)6-11(9)17/h1-6H,17H2,(H,18,19). The molecule has 0 saturated heterocycles. The molecule has 0 radical (unpaired) electrons. The number of carbonyl (C=O) groups excluding carboxylic acids is 1. The van der Waals surface area contributed by atoms with Crippen LogP contribution < -0.4 is 11.1 Å². The van der Waals surface area contributed by atoms with E-state index in [4.69, 9.17) is 17.3 Å². The molecular formula is C13H9Br2ClN2O. The Hall–Kier alpha value is -1.04. The molecule has 0 heterocycles. The summed E-state index contributed by atoms with van der Waals surface area (Å²) in [5.74, 6) is -0.297. The van der Waals surface area contributed by atoms with E-state index in [-0.39, 0.29) is 5.91 Å². The average molecular weight is 404 g/mol. The minimum absolute atomic E-state index is 0.297. The fourth-order valence-electron chi connectivity index (χ4n) is 1.52. The van der Waals surface area contributed by atoms with E-state index >= 15 is 0 Å². The van der Waals surface area contributed by atoms with Gasteiger partial charge in [-0.05, 0) is 36.4 Å². The zero-order valence-electron chi connectivity index (χ0n) is 9.58. The van der Waals surface area contributed by atoms with Gasteiger partial charge in [-0.25, -0.2) is 0 Å². The summed E-state index contributed by atoms with van der Waals surface area (Å²) in [7, 11) is 0. The predicted molar refractivity (Wildman–Crippen MR) is 85.7 cm³/mol. The van der Waals surface area contributed by atoms with E-state index in [0.717, 1.165) is 8.95 Å². The minimum Gasteiger partial charge on any atom is -0.398 e. The molecule has 2 rings (SSSR count). The molecule has 0 spiro atoms. The quantitative estimate of drug-likeness (QED) is 0.713. The minimum atomic E-state index is -0.297. The second-order valence-corrected chi connectivity index (χ2v) is 6.05. The predicted octanol–water partition coefficient (Wildman–Crippen LogP) is 4.70. The summed E-state index contributed by atoms with van der Waals surface area (Å²) in [6, 6.07) is 10.3. The number of halogens is 3. The molecule has 0 atom stereocenters. The zero-order chi connectivity index (χ0) is 14.0. The molecule has 0 saturated carbocycles. The van der Waals surface area contributed by atoms with Crippen molar-refractivity contribution < 1.29 is 4.79 Å². The molecule has 6 heteroatoms. The van der Waals surface area contributed by atoms with Gasteiger partial charge < -0.3 is 11.1 Å². The van der Waals surface area contributed by atoms with E-state index in [9.17, 15) is 4.79 Å². The number of hydrogen-bond donors (Lipinski definition) is 2. The van der Waals surface area contributed by atoms with Crippen LogP contribution in [-0.4, -0.2) is 5.91 Å². The summed E-state index contributed by atoms with van der Waals surface area (Å²) >= 11 is 12.6. The lowest BCUT2D eigenvalue weighted by atomic mass is 10.1. The number of anilines is 2. The van der Waals surface area contributed by atoms with Gasteiger partial charge in [0.05, 0.1) is 16.3 Å². The number of hydrogen-bond acceptors (Lipinski definition) is 2. The first kappa shape index (κ1) is 14.4. The van der Waals surface area contributed by atoms with Gasteiger partial charge in [0.1, 0.15) is 0 Å². The molecule has 0 fully saturated rings. The lowest BCUT2D eigenvalue weighted by Crippen LogP contribution is -2.14. The molecule has 3 nitrogen and oxygen atoms in total. The molecular weight excluding hydrogens is 395 g/mol. The summed E-state index contributed by atoms with van der Waals surface area (Å²) in [5, 5.41) is 3.18. The van der Waals surface area contributed by atoms with Crippen molar-refractivity contribution in [3.05, 3.63) is 55.9 Å². The Bertz CT molecular complexity index is 647. The van der Waals surface area contributed by atoms with Crippen LogP contribution in [0.4, 0.5) is 11.4 Å². The average Bonchev–Trinajstić information content (AvgIpc) is 2.32. The van der Waals surface area contributed by atoms with E-state index in [0.29, 0.717) is 22.0 Å². The fourth-order valence-corrected chi connectivity index (χ4v) is 2.62. The highest BCUT2D eigenvalue weighted by molar-refractivity contribution is 9.10. The maximum atomic E-state index is 12.1. The van der Waals surface area contributed by atoms with Gasteiger partial charge in [-0.2, -0.15) is 0 Å². The van der Waals surface area contributed by atoms with E-state index in [1.165, 1.54) is 0 Å². The van der Waals surface area contributed by atoms with Crippen LogP contribution in [0.5, 0.6) is 0 Å². The summed E-state index contributed by atoms with van der Waals surface area (Å²) in [6.07, 6.45) is 0. The number of nitrogen functional groups attached to an aromatic ring is 1. The molecule has 0 unspecified atom stereocenters. The van der Waals surface area contributed by atoms with Crippen LogP contribution in [0.1, 0.15) is 10.4 Å². The highest BCUT2D eigenvalue weighted by atomic mass is 79.9. The number of nitrogens with two attached hydrogens (primary N) is 1. The molecule has 19 heavy (non-hydrogen) atoms. The van der Waals surface area contributed by atoms with Gasteiger partial charge in [-0.15, -0.1) is 0 Å². The summed E-state index contributed by atoms with van der Waals surface area (Å²) in [5.41, 5.74) is 7.15. The molecule has 2 aromatic rings. The molecule has 2 aromatic carbocycles. The molecule has 3 N–H and O–H groups in total. The van der Waals surface area contributed by atoms with Gasteiger partial charge in [0, 0.05) is 14.6 Å². The Morgan fingerprint density at radius 3 is 2.37 bits per heavy atom. The van der Waals surface area contributed by atoms with Crippen LogP contribution in [0.25, 0.3) is 0 Å². The third-order valence-corrected chi connectivity index (χ3v) is 3.74. The molecule has 0 aliphatic heterocycles. The second-order valence-electron chi connectivity index (χ2n) is 3.81. The maximum absolute atomic E-state index is 12.1. The van der Waals surface area contributed by atoms with E-state index in [1.807, 2.05) is 0 Å². The van der Waals surface area contributed by atoms with Crippen molar-refractivity contribution in [3.8, 4) is 0 Å². The Labute approximate surface area is 132 Å². The van der Waals surface area contributed by atoms with Crippen LogP contribution in [0, 0.1) is 0 Å². The van der Waals surface area contributed by atoms with Crippen molar-refractivity contribution >= 4 is 60.7 Å². The normalized spacial score (nSPS) is 10.3. The SMILES string of the molecule is Nc1cc(Br)ccc1C(=O)Nc1ccc(Br)cc1Cl. The zero-order valence-corrected chi connectivity index (χ0v) is 13.5. The molecule has 0 bridgehead atoms. The van der Waals surface area contributed by atoms with Gasteiger partial charge in [-0.3, -0.25) is 4.79 Å². The summed E-state index contributed by atoms with van der Waals surface area (Å²) < 4.78 is 1.67. The summed E-state index contributed by atoms with van der Waals surface area (Å²) in [6.45, 7) is 0. The van der Waals surface area contributed by atoms with Gasteiger partial charge in [0.15, 0.2) is 0 Å². The van der Waals surface area contributed by atoms with Gasteiger partial charge >= 0.3 is 0 Å². The molecule has 1 amide bonds. The second kappa shape index (κ2) is 5.94. The summed E-state index contributed by atoms with van der Waals surface area (Å²) in [4.78, 5) is 12.1. The number of rotatable bonds is 2. The highest BCUT2D eigenvalue weighted by Gasteiger charge is 2.11. The van der Waals surface area contributed by atoms with Crippen molar-refractivity contribution in [1.82, 2.24) is 0 Å². The third kappa shape index (κ3) is 3.49. The van der Waals surface area contributed by atoms with Gasteiger partial charge in [-0.1, -0.05) is 43.5 Å². The molecule has 98 valence electrons. The van der Waals surface area contributed by atoms with Crippen LogP contribution in [0.3, 0.4) is 0 Å². The molecule has 0 aliphatic carbocycles. The van der Waals surface area contributed by atoms with Crippen molar-refractivity contribution in [3.63, 3.8) is 0 Å². The Balaban J connectivity index is 2.25. The van der Waals surface area contributed by atoms with Crippen molar-refractivity contribution in [2.75, 3.05) is 11.1 Å². The first-order valence-corrected chi connectivity index (χ1v) is 7.25. The first-order valence-electron chi connectivity index (χ1n) is 5.29. The lowest BCUT2D eigenvalue weighted by molar-refractivity contribution is 0.102. The highest BCUT2D eigenvalue weighted by Crippen LogP contribution is 2.27. The third-order valence-electron chi connectivity index (χ3n) is 2.44. The number of amides is 1. The van der Waals surface area contributed by atoms with E-state index < -0.39 is 0 Å². The Morgan fingerprint density at radius 2 is 1.74 bits per heavy atom. The van der Waals surface area contributed by atoms with Crippen molar-refractivity contribution in [1.29, 1.82) is 0 Å². The number of carbonyl (C=O) groups is 1. The smallest absolute Gasteiger partial charge is 0.257 e. The van der Waals surface area contributed by atoms with E-state index in [2.05, 4.69) is 37.2 Å². The van der Waals surface area contributed by atoms with Crippen LogP contribution in [-0.2, 0) is 0 Å². The Kier molecular flexibility index (Phi) is 4.50. The largest absolute Gasteiger partial charge is 0.398 e. The lowest BCUT2D eigenvalue weighted by Gasteiger charge is -2.09. The topological polar surface area (TPSA) is 55.1 Å². The fraction of sp³-hybridized carbons (Fsp3) is 0. The van der Waals surface area contributed by atoms with Gasteiger partial charge in [0.25, 0.3) is 5.91 Å². The van der Waals surface area contributed by atoms with Gasteiger partial charge in [0.2, 0.25) is 0 Å². The van der Waals surface area contributed by atoms with Crippen LogP contribution in [0.15, 0.2) is 45.3 Å². The number of benzene rings is 2. The van der Waals surface area contributed by atoms with Crippen molar-refractivity contribution in [2.45, 2.75) is 0 Å². The molecule has 0 aromatic heterocycles. The van der Waals surface area contributed by atoms with Crippen LogP contribution in [0.2, 0.25) is 5.02 Å². The maximum Gasteiger partial charge on any atom is 0.257 e. The first-order chi connectivity index (χ1) is 8.97. The van der Waals surface area contributed by atoms with Crippen LogP contribution >= 0.6 is 43.5 Å².